The summed E-state index contributed by atoms with van der Waals surface area (Å²) >= 11 is 0. The summed E-state index contributed by atoms with van der Waals surface area (Å²) in [6.07, 6.45) is 8.54. The van der Waals surface area contributed by atoms with Crippen molar-refractivity contribution >= 4 is 11.6 Å². The number of nitrogens with two attached hydrogens (primary N) is 1. The van der Waals surface area contributed by atoms with Gasteiger partial charge < -0.3 is 15.2 Å². The lowest BCUT2D eigenvalue weighted by atomic mass is 10.2. The zero-order chi connectivity index (χ0) is 15.9. The molecule has 2 aromatic rings. The van der Waals surface area contributed by atoms with Crippen molar-refractivity contribution in [3.05, 3.63) is 42.2 Å². The van der Waals surface area contributed by atoms with Gasteiger partial charge in [0.25, 0.3) is 5.91 Å². The van der Waals surface area contributed by atoms with Crippen LogP contribution in [-0.2, 0) is 13.0 Å². The van der Waals surface area contributed by atoms with Gasteiger partial charge in [0.15, 0.2) is 0 Å². The van der Waals surface area contributed by atoms with Gasteiger partial charge in [-0.25, -0.2) is 4.98 Å². The van der Waals surface area contributed by atoms with Crippen molar-refractivity contribution in [1.29, 1.82) is 0 Å². The number of imidazole rings is 1. The average Bonchev–Trinajstić information content (AvgIpc) is 2.95. The lowest BCUT2D eigenvalue weighted by Crippen LogP contribution is -2.21. The first kappa shape index (κ1) is 16.0. The Labute approximate surface area is 131 Å². The highest BCUT2D eigenvalue weighted by Gasteiger charge is 2.07. The molecule has 0 aliphatic rings. The van der Waals surface area contributed by atoms with Gasteiger partial charge in [0.2, 0.25) is 0 Å². The van der Waals surface area contributed by atoms with E-state index in [2.05, 4.69) is 26.4 Å². The number of nitrogens with zero attached hydrogens (tertiary/aromatic N) is 4. The van der Waals surface area contributed by atoms with Crippen molar-refractivity contribution in [3.63, 3.8) is 0 Å². The molecule has 0 saturated carbocycles. The Bertz CT molecular complexity index is 623. The summed E-state index contributed by atoms with van der Waals surface area (Å²) < 4.78 is 2.21. The molecule has 0 unspecified atom stereocenters. The molecule has 118 valence electrons. The van der Waals surface area contributed by atoms with E-state index in [1.165, 1.54) is 0 Å². The van der Waals surface area contributed by atoms with Crippen molar-refractivity contribution < 1.29 is 4.79 Å². The predicted molar refractivity (Wildman–Crippen MR) is 86.9 cm³/mol. The molecule has 2 heterocycles. The minimum atomic E-state index is -0.503. The molecule has 0 saturated heterocycles. The third kappa shape index (κ3) is 4.07. The minimum absolute atomic E-state index is 0.294. The van der Waals surface area contributed by atoms with Crippen LogP contribution in [0.5, 0.6) is 0 Å². The summed E-state index contributed by atoms with van der Waals surface area (Å²) in [4.78, 5) is 21.6. The van der Waals surface area contributed by atoms with Crippen LogP contribution in [0.25, 0.3) is 0 Å². The molecule has 0 aliphatic carbocycles. The van der Waals surface area contributed by atoms with Crippen LogP contribution in [0.1, 0.15) is 36.1 Å². The average molecular weight is 301 g/mol. The minimum Gasteiger partial charge on any atom is -0.374 e. The zero-order valence-electron chi connectivity index (χ0n) is 13.2. The molecule has 0 fully saturated rings. The van der Waals surface area contributed by atoms with Crippen molar-refractivity contribution in [1.82, 2.24) is 14.5 Å². The number of carbonyl (C=O) groups is 1. The Morgan fingerprint density at radius 1 is 1.36 bits per heavy atom. The molecular formula is C16H23N5O. The number of rotatable bonds is 8. The van der Waals surface area contributed by atoms with Gasteiger partial charge in [0.05, 0.1) is 0 Å². The Morgan fingerprint density at radius 2 is 2.18 bits per heavy atom. The Balaban J connectivity index is 1.90. The molecular weight excluding hydrogens is 278 g/mol. The fourth-order valence-corrected chi connectivity index (χ4v) is 2.41. The number of aromatic nitrogens is 3. The van der Waals surface area contributed by atoms with E-state index in [0.29, 0.717) is 5.69 Å². The normalized spacial score (nSPS) is 10.6. The smallest absolute Gasteiger partial charge is 0.267 e. The fourth-order valence-electron chi connectivity index (χ4n) is 2.41. The number of anilines is 1. The molecule has 0 aliphatic heterocycles. The maximum absolute atomic E-state index is 11.2. The molecule has 0 atom stereocenters. The van der Waals surface area contributed by atoms with Crippen LogP contribution in [-0.4, -0.2) is 34.0 Å². The van der Waals surface area contributed by atoms with Gasteiger partial charge in [-0.15, -0.1) is 0 Å². The van der Waals surface area contributed by atoms with E-state index in [-0.39, 0.29) is 0 Å². The molecule has 2 N–H and O–H groups in total. The standard InChI is InChI=1S/C16H23N5O/c1-3-9-21-11-8-19-15(21)5-4-10-20(2)13-6-7-18-14(12-13)16(17)22/h6-8,11-12H,3-5,9-10H2,1-2H3,(H2,17,22). The van der Waals surface area contributed by atoms with Gasteiger partial charge in [-0.3, -0.25) is 9.78 Å². The summed E-state index contributed by atoms with van der Waals surface area (Å²) in [5.41, 5.74) is 6.50. The number of hydrogen-bond acceptors (Lipinski definition) is 4. The van der Waals surface area contributed by atoms with Gasteiger partial charge in [0.1, 0.15) is 11.5 Å². The van der Waals surface area contributed by atoms with E-state index in [9.17, 15) is 4.79 Å². The largest absolute Gasteiger partial charge is 0.374 e. The van der Waals surface area contributed by atoms with Crippen LogP contribution in [0.2, 0.25) is 0 Å². The monoisotopic (exact) mass is 301 g/mol. The Morgan fingerprint density at radius 3 is 2.91 bits per heavy atom. The number of amides is 1. The van der Waals surface area contributed by atoms with Crippen LogP contribution in [0, 0.1) is 0 Å². The molecule has 22 heavy (non-hydrogen) atoms. The summed E-state index contributed by atoms with van der Waals surface area (Å²) in [5.74, 6) is 0.625. The molecule has 0 bridgehead atoms. The van der Waals surface area contributed by atoms with Crippen LogP contribution < -0.4 is 10.6 Å². The first-order valence-electron chi connectivity index (χ1n) is 7.58. The molecule has 2 aromatic heterocycles. The quantitative estimate of drug-likeness (QED) is 0.807. The highest BCUT2D eigenvalue weighted by Crippen LogP contribution is 2.13. The van der Waals surface area contributed by atoms with E-state index in [1.54, 1.807) is 12.3 Å². The summed E-state index contributed by atoms with van der Waals surface area (Å²) in [6.45, 7) is 4.05. The Kier molecular flexibility index (Phi) is 5.52. The number of pyridine rings is 1. The summed E-state index contributed by atoms with van der Waals surface area (Å²) in [6, 6.07) is 3.60. The molecule has 1 amide bonds. The number of primary amides is 1. The van der Waals surface area contributed by atoms with E-state index < -0.39 is 5.91 Å². The maximum atomic E-state index is 11.2. The third-order valence-corrected chi connectivity index (χ3v) is 3.60. The van der Waals surface area contributed by atoms with Crippen molar-refractivity contribution in [2.75, 3.05) is 18.5 Å². The highest BCUT2D eigenvalue weighted by atomic mass is 16.1. The van der Waals surface area contributed by atoms with Gasteiger partial charge in [0, 0.05) is 50.8 Å². The fraction of sp³-hybridized carbons (Fsp3) is 0.438. The lowest BCUT2D eigenvalue weighted by molar-refractivity contribution is 0.0995. The molecule has 0 aromatic carbocycles. The molecule has 0 radical (unpaired) electrons. The topological polar surface area (TPSA) is 77.0 Å². The lowest BCUT2D eigenvalue weighted by Gasteiger charge is -2.19. The second-order valence-corrected chi connectivity index (χ2v) is 5.33. The van der Waals surface area contributed by atoms with E-state index in [4.69, 9.17) is 5.73 Å². The van der Waals surface area contributed by atoms with E-state index in [0.717, 1.165) is 43.9 Å². The van der Waals surface area contributed by atoms with Crippen molar-refractivity contribution in [3.8, 4) is 0 Å². The van der Waals surface area contributed by atoms with Gasteiger partial charge in [-0.1, -0.05) is 6.92 Å². The zero-order valence-corrected chi connectivity index (χ0v) is 13.2. The van der Waals surface area contributed by atoms with Gasteiger partial charge >= 0.3 is 0 Å². The van der Waals surface area contributed by atoms with E-state index >= 15 is 0 Å². The summed E-state index contributed by atoms with van der Waals surface area (Å²) in [7, 11) is 2.00. The molecule has 0 spiro atoms. The first-order chi connectivity index (χ1) is 10.6. The molecule has 6 heteroatoms. The van der Waals surface area contributed by atoms with Crippen molar-refractivity contribution in [2.24, 2.45) is 5.73 Å². The second-order valence-electron chi connectivity index (χ2n) is 5.33. The maximum Gasteiger partial charge on any atom is 0.267 e. The van der Waals surface area contributed by atoms with Gasteiger partial charge in [-0.05, 0) is 25.0 Å². The van der Waals surface area contributed by atoms with Gasteiger partial charge in [-0.2, -0.15) is 0 Å². The SMILES string of the molecule is CCCn1ccnc1CCCN(C)c1ccnc(C(N)=O)c1. The Hall–Kier alpha value is -2.37. The van der Waals surface area contributed by atoms with Crippen LogP contribution >= 0.6 is 0 Å². The second kappa shape index (κ2) is 7.59. The van der Waals surface area contributed by atoms with Crippen LogP contribution in [0.3, 0.4) is 0 Å². The molecule has 2 rings (SSSR count). The third-order valence-electron chi connectivity index (χ3n) is 3.60. The van der Waals surface area contributed by atoms with Crippen LogP contribution in [0.4, 0.5) is 5.69 Å². The number of hydrogen-bond donors (Lipinski definition) is 1. The number of carbonyl (C=O) groups excluding carboxylic acids is 1. The number of aryl methyl sites for hydroxylation is 2. The van der Waals surface area contributed by atoms with E-state index in [1.807, 2.05) is 25.5 Å². The van der Waals surface area contributed by atoms with Crippen LogP contribution in [0.15, 0.2) is 30.7 Å². The molecule has 6 nitrogen and oxygen atoms in total. The first-order valence-corrected chi connectivity index (χ1v) is 7.58. The predicted octanol–water partition coefficient (Wildman–Crippen LogP) is 1.86. The summed E-state index contributed by atoms with van der Waals surface area (Å²) in [5, 5.41) is 0. The highest BCUT2D eigenvalue weighted by molar-refractivity contribution is 5.91. The van der Waals surface area contributed by atoms with Crippen molar-refractivity contribution in [2.45, 2.75) is 32.7 Å².